The Kier molecular flexibility index (Phi) is 5.03. The van der Waals surface area contributed by atoms with Crippen LogP contribution in [0, 0.1) is 23.0 Å². The zero-order valence-corrected chi connectivity index (χ0v) is 13.8. The molecule has 0 radical (unpaired) electrons. The van der Waals surface area contributed by atoms with Crippen LogP contribution in [0.3, 0.4) is 0 Å². The number of anilines is 1. The van der Waals surface area contributed by atoms with Crippen molar-refractivity contribution in [2.24, 2.45) is 0 Å². The molecule has 2 aromatic carbocycles. The van der Waals surface area contributed by atoms with Crippen molar-refractivity contribution in [3.8, 4) is 6.07 Å². The molecule has 0 atom stereocenters. The number of nitriles is 1. The first-order chi connectivity index (χ1) is 11.7. The summed E-state index contributed by atoms with van der Waals surface area (Å²) in [5.74, 6) is -0.835. The minimum atomic E-state index is -0.554. The average molecular weight is 360 g/mol. The summed E-state index contributed by atoms with van der Waals surface area (Å²) in [5, 5.41) is 20.8. The molecule has 8 heteroatoms. The van der Waals surface area contributed by atoms with Crippen molar-refractivity contribution in [1.29, 1.82) is 5.26 Å². The largest absolute Gasteiger partial charge is 0.356 e. The van der Waals surface area contributed by atoms with E-state index >= 15 is 0 Å². The van der Waals surface area contributed by atoms with Crippen molar-refractivity contribution in [3.05, 3.63) is 65.2 Å². The summed E-state index contributed by atoms with van der Waals surface area (Å²) in [6, 6.07) is 12.5. The Hall–Kier alpha value is -2.50. The highest BCUT2D eigenvalue weighted by atomic mass is 32.2. The predicted molar refractivity (Wildman–Crippen MR) is 88.9 cm³/mol. The first kappa shape index (κ1) is 16.4. The van der Waals surface area contributed by atoms with Gasteiger partial charge in [-0.2, -0.15) is 5.26 Å². The summed E-state index contributed by atoms with van der Waals surface area (Å²) >= 11 is 2.49. The van der Waals surface area contributed by atoms with Gasteiger partial charge < -0.3 is 5.32 Å². The molecule has 0 spiro atoms. The highest BCUT2D eigenvalue weighted by molar-refractivity contribution is 8.01. The fourth-order valence-corrected chi connectivity index (χ4v) is 3.70. The summed E-state index contributed by atoms with van der Waals surface area (Å²) in [7, 11) is 0. The number of nitrogens with zero attached hydrogens (tertiary/aromatic N) is 3. The van der Waals surface area contributed by atoms with E-state index in [2.05, 4.69) is 15.5 Å². The standard InChI is InChI=1S/C16H10F2N4S2/c17-11-6-4-10(5-7-11)9-20-15-21-22-16(24-15)23-14-3-1-2-13(18)12(14)8-19/h1-7H,9H2,(H,20,21). The molecule has 0 bridgehead atoms. The fraction of sp³-hybridized carbons (Fsp3) is 0.0625. The Bertz CT molecular complexity index is 888. The molecule has 0 aliphatic heterocycles. The number of hydrogen-bond donors (Lipinski definition) is 1. The molecule has 0 unspecified atom stereocenters. The number of halogens is 2. The Labute approximate surface area is 145 Å². The third-order valence-electron chi connectivity index (χ3n) is 3.05. The Morgan fingerprint density at radius 1 is 1.12 bits per heavy atom. The molecule has 4 nitrogen and oxygen atoms in total. The minimum absolute atomic E-state index is 0.00137. The van der Waals surface area contributed by atoms with Gasteiger partial charge in [-0.3, -0.25) is 0 Å². The van der Waals surface area contributed by atoms with Crippen LogP contribution in [0.15, 0.2) is 51.7 Å². The van der Waals surface area contributed by atoms with Gasteiger partial charge in [0, 0.05) is 11.4 Å². The van der Waals surface area contributed by atoms with E-state index in [1.54, 1.807) is 24.3 Å². The molecule has 0 saturated carbocycles. The zero-order chi connectivity index (χ0) is 16.9. The molecule has 24 heavy (non-hydrogen) atoms. The predicted octanol–water partition coefficient (Wildman–Crippen LogP) is 4.45. The van der Waals surface area contributed by atoms with Crippen molar-refractivity contribution < 1.29 is 8.78 Å². The second-order valence-electron chi connectivity index (χ2n) is 4.68. The van der Waals surface area contributed by atoms with Crippen LogP contribution >= 0.6 is 23.1 Å². The van der Waals surface area contributed by atoms with Crippen LogP contribution in [0.4, 0.5) is 13.9 Å². The number of nitrogens with one attached hydrogen (secondary N) is 1. The van der Waals surface area contributed by atoms with E-state index in [4.69, 9.17) is 5.26 Å². The quantitative estimate of drug-likeness (QED) is 0.728. The van der Waals surface area contributed by atoms with Crippen molar-refractivity contribution in [1.82, 2.24) is 10.2 Å². The lowest BCUT2D eigenvalue weighted by Gasteiger charge is -2.02. The van der Waals surface area contributed by atoms with Crippen LogP contribution in [0.25, 0.3) is 0 Å². The van der Waals surface area contributed by atoms with Crippen LogP contribution in [0.1, 0.15) is 11.1 Å². The van der Waals surface area contributed by atoms with Gasteiger partial charge in [0.15, 0.2) is 4.34 Å². The first-order valence-corrected chi connectivity index (χ1v) is 8.47. The number of aromatic nitrogens is 2. The first-order valence-electron chi connectivity index (χ1n) is 6.84. The zero-order valence-electron chi connectivity index (χ0n) is 12.2. The van der Waals surface area contributed by atoms with E-state index in [9.17, 15) is 8.78 Å². The maximum absolute atomic E-state index is 13.6. The summed E-state index contributed by atoms with van der Waals surface area (Å²) < 4.78 is 27.0. The topological polar surface area (TPSA) is 61.6 Å². The third-order valence-corrected chi connectivity index (χ3v) is 5.04. The Balaban J connectivity index is 1.67. The van der Waals surface area contributed by atoms with Gasteiger partial charge >= 0.3 is 0 Å². The van der Waals surface area contributed by atoms with E-state index < -0.39 is 5.82 Å². The van der Waals surface area contributed by atoms with Gasteiger partial charge in [-0.15, -0.1) is 10.2 Å². The summed E-state index contributed by atoms with van der Waals surface area (Å²) in [6.45, 7) is 0.489. The van der Waals surface area contributed by atoms with Crippen LogP contribution in [-0.2, 0) is 6.54 Å². The summed E-state index contributed by atoms with van der Waals surface area (Å²) in [5.41, 5.74) is 0.913. The second kappa shape index (κ2) is 7.38. The SMILES string of the molecule is N#Cc1c(F)cccc1Sc1nnc(NCc2ccc(F)cc2)s1. The van der Waals surface area contributed by atoms with E-state index in [-0.39, 0.29) is 11.4 Å². The van der Waals surface area contributed by atoms with E-state index in [0.29, 0.717) is 20.9 Å². The number of rotatable bonds is 5. The van der Waals surface area contributed by atoms with Crippen molar-refractivity contribution in [2.75, 3.05) is 5.32 Å². The molecule has 0 fully saturated rings. The summed E-state index contributed by atoms with van der Waals surface area (Å²) in [4.78, 5) is 0.499. The van der Waals surface area contributed by atoms with Gasteiger partial charge in [0.25, 0.3) is 0 Å². The molecule has 1 heterocycles. The van der Waals surface area contributed by atoms with Crippen LogP contribution in [0.5, 0.6) is 0 Å². The molecule has 1 N–H and O–H groups in total. The normalized spacial score (nSPS) is 10.4. The lowest BCUT2D eigenvalue weighted by atomic mass is 10.2. The van der Waals surface area contributed by atoms with Gasteiger partial charge in [0.1, 0.15) is 23.3 Å². The Morgan fingerprint density at radius 2 is 1.92 bits per heavy atom. The van der Waals surface area contributed by atoms with Crippen molar-refractivity contribution >= 4 is 28.2 Å². The highest BCUT2D eigenvalue weighted by Gasteiger charge is 2.12. The van der Waals surface area contributed by atoms with Gasteiger partial charge in [-0.25, -0.2) is 8.78 Å². The molecule has 0 aliphatic rings. The molecule has 0 saturated heterocycles. The van der Waals surface area contributed by atoms with E-state index in [1.165, 1.54) is 41.3 Å². The molecule has 120 valence electrons. The molecular formula is C16H10F2N4S2. The molecule has 1 aromatic heterocycles. The Morgan fingerprint density at radius 3 is 2.67 bits per heavy atom. The molecular weight excluding hydrogens is 350 g/mol. The smallest absolute Gasteiger partial charge is 0.206 e. The molecule has 0 aliphatic carbocycles. The van der Waals surface area contributed by atoms with Gasteiger partial charge in [-0.1, -0.05) is 41.3 Å². The van der Waals surface area contributed by atoms with Crippen molar-refractivity contribution in [2.45, 2.75) is 15.8 Å². The summed E-state index contributed by atoms with van der Waals surface area (Å²) in [6.07, 6.45) is 0. The molecule has 3 aromatic rings. The second-order valence-corrected chi connectivity index (χ2v) is 6.95. The highest BCUT2D eigenvalue weighted by Crippen LogP contribution is 2.34. The molecule has 0 amide bonds. The van der Waals surface area contributed by atoms with Crippen LogP contribution in [0.2, 0.25) is 0 Å². The van der Waals surface area contributed by atoms with Crippen LogP contribution in [-0.4, -0.2) is 10.2 Å². The van der Waals surface area contributed by atoms with Gasteiger partial charge in [0.2, 0.25) is 5.13 Å². The maximum Gasteiger partial charge on any atom is 0.206 e. The van der Waals surface area contributed by atoms with Gasteiger partial charge in [0.05, 0.1) is 0 Å². The number of benzene rings is 2. The number of hydrogen-bond acceptors (Lipinski definition) is 6. The maximum atomic E-state index is 13.6. The fourth-order valence-electron chi connectivity index (χ4n) is 1.89. The van der Waals surface area contributed by atoms with E-state index in [1.807, 2.05) is 6.07 Å². The lowest BCUT2D eigenvalue weighted by molar-refractivity contribution is 0.620. The van der Waals surface area contributed by atoms with E-state index in [0.717, 1.165) is 5.56 Å². The van der Waals surface area contributed by atoms with Crippen molar-refractivity contribution in [3.63, 3.8) is 0 Å². The average Bonchev–Trinajstić information content (AvgIpc) is 3.02. The monoisotopic (exact) mass is 360 g/mol. The third kappa shape index (κ3) is 3.88. The van der Waals surface area contributed by atoms with Crippen LogP contribution < -0.4 is 5.32 Å². The minimum Gasteiger partial charge on any atom is -0.356 e. The lowest BCUT2D eigenvalue weighted by Crippen LogP contribution is -1.98. The molecule has 3 rings (SSSR count). The van der Waals surface area contributed by atoms with Gasteiger partial charge in [-0.05, 0) is 29.8 Å².